The Morgan fingerprint density at radius 1 is 1.11 bits per heavy atom. The second-order valence-corrected chi connectivity index (χ2v) is 8.12. The van der Waals surface area contributed by atoms with Gasteiger partial charge in [-0.3, -0.25) is 9.69 Å². The molecule has 0 spiro atoms. The number of carbonyl (C=O) groups is 1. The highest BCUT2D eigenvalue weighted by molar-refractivity contribution is 8.03. The molecule has 0 aliphatic carbocycles. The molecule has 2 heterocycles. The Balaban J connectivity index is 1.76. The van der Waals surface area contributed by atoms with Crippen LogP contribution in [-0.4, -0.2) is 70.9 Å². The summed E-state index contributed by atoms with van der Waals surface area (Å²) in [5, 5.41) is 0. The molecule has 0 bridgehead atoms. The van der Waals surface area contributed by atoms with Crippen molar-refractivity contribution in [2.45, 2.75) is 26.3 Å². The van der Waals surface area contributed by atoms with Gasteiger partial charge in [-0.1, -0.05) is 13.8 Å². The maximum Gasteiger partial charge on any atom is 0.222 e. The fourth-order valence-electron chi connectivity index (χ4n) is 2.63. The predicted molar refractivity (Wildman–Crippen MR) is 86.0 cm³/mol. The quantitative estimate of drug-likeness (QED) is 0.796. The molecule has 0 aromatic rings. The number of amides is 1. The first kappa shape index (κ1) is 15.5. The van der Waals surface area contributed by atoms with Gasteiger partial charge < -0.3 is 4.90 Å². The van der Waals surface area contributed by atoms with Gasteiger partial charge in [0.25, 0.3) is 0 Å². The Kier molecular flexibility index (Phi) is 6.36. The smallest absolute Gasteiger partial charge is 0.222 e. The number of rotatable bonds is 3. The summed E-state index contributed by atoms with van der Waals surface area (Å²) in [6.45, 7) is 8.22. The first-order valence-electron chi connectivity index (χ1n) is 7.34. The molecule has 2 fully saturated rings. The van der Waals surface area contributed by atoms with E-state index in [1.165, 1.54) is 23.0 Å². The van der Waals surface area contributed by atoms with Crippen LogP contribution in [0.25, 0.3) is 0 Å². The highest BCUT2D eigenvalue weighted by atomic mass is 32.2. The molecule has 2 aliphatic heterocycles. The minimum Gasteiger partial charge on any atom is -0.340 e. The molecule has 19 heavy (non-hydrogen) atoms. The lowest BCUT2D eigenvalue weighted by Crippen LogP contribution is -2.53. The molecule has 0 aromatic carbocycles. The normalized spacial score (nSPS) is 23.6. The standard InChI is InChI=1S/C14H26N2OS2/c1-12(2)9-14(17)16-5-3-15(4-6-16)13-10-18-7-8-19-11-13/h12-13H,3-11H2,1-2H3. The summed E-state index contributed by atoms with van der Waals surface area (Å²) in [5.74, 6) is 5.96. The first-order chi connectivity index (χ1) is 9.16. The summed E-state index contributed by atoms with van der Waals surface area (Å²) in [5.41, 5.74) is 0. The Labute approximate surface area is 125 Å². The minimum absolute atomic E-state index is 0.347. The molecule has 110 valence electrons. The molecular formula is C14H26N2OS2. The van der Waals surface area contributed by atoms with E-state index in [-0.39, 0.29) is 0 Å². The fraction of sp³-hybridized carbons (Fsp3) is 0.929. The third-order valence-corrected chi connectivity index (χ3v) is 6.24. The van der Waals surface area contributed by atoms with Gasteiger partial charge in [0.15, 0.2) is 0 Å². The Bertz CT molecular complexity index is 283. The number of nitrogens with zero attached hydrogens (tertiary/aromatic N) is 2. The first-order valence-corrected chi connectivity index (χ1v) is 9.65. The summed E-state index contributed by atoms with van der Waals surface area (Å²) in [6.07, 6.45) is 0.704. The van der Waals surface area contributed by atoms with Gasteiger partial charge in [0.05, 0.1) is 0 Å². The van der Waals surface area contributed by atoms with E-state index in [1.54, 1.807) is 0 Å². The van der Waals surface area contributed by atoms with E-state index in [4.69, 9.17) is 0 Å². The van der Waals surface area contributed by atoms with Crippen LogP contribution in [-0.2, 0) is 4.79 Å². The average molecular weight is 303 g/mol. The Hall–Kier alpha value is 0.130. The van der Waals surface area contributed by atoms with Crippen LogP contribution in [0.15, 0.2) is 0 Å². The molecule has 1 amide bonds. The van der Waals surface area contributed by atoms with Crippen LogP contribution >= 0.6 is 23.5 Å². The van der Waals surface area contributed by atoms with Crippen LogP contribution in [0.4, 0.5) is 0 Å². The molecule has 0 atom stereocenters. The highest BCUT2D eigenvalue weighted by Crippen LogP contribution is 2.21. The van der Waals surface area contributed by atoms with Gasteiger partial charge in [0.2, 0.25) is 5.91 Å². The third-order valence-electron chi connectivity index (χ3n) is 3.76. The van der Waals surface area contributed by atoms with Crippen molar-refractivity contribution in [2.75, 3.05) is 49.2 Å². The van der Waals surface area contributed by atoms with Crippen molar-refractivity contribution >= 4 is 29.4 Å². The predicted octanol–water partition coefficient (Wildman–Crippen LogP) is 2.03. The Morgan fingerprint density at radius 3 is 2.21 bits per heavy atom. The molecule has 5 heteroatoms. The van der Waals surface area contributed by atoms with Gasteiger partial charge in [0, 0.05) is 61.7 Å². The van der Waals surface area contributed by atoms with Crippen molar-refractivity contribution in [2.24, 2.45) is 5.92 Å². The topological polar surface area (TPSA) is 23.6 Å². The largest absolute Gasteiger partial charge is 0.340 e. The zero-order valence-corrected chi connectivity index (χ0v) is 13.8. The number of thioether (sulfide) groups is 2. The molecule has 0 aromatic heterocycles. The van der Waals surface area contributed by atoms with Gasteiger partial charge in [0.1, 0.15) is 0 Å². The van der Waals surface area contributed by atoms with Gasteiger partial charge in [-0.15, -0.1) is 0 Å². The molecular weight excluding hydrogens is 276 g/mol. The summed E-state index contributed by atoms with van der Waals surface area (Å²) >= 11 is 4.18. The number of piperazine rings is 1. The number of hydrogen-bond donors (Lipinski definition) is 0. The van der Waals surface area contributed by atoms with Crippen molar-refractivity contribution < 1.29 is 4.79 Å². The van der Waals surface area contributed by atoms with Crippen molar-refractivity contribution in [3.63, 3.8) is 0 Å². The van der Waals surface area contributed by atoms with E-state index in [0.717, 1.165) is 32.2 Å². The second-order valence-electron chi connectivity index (χ2n) is 5.82. The number of hydrogen-bond acceptors (Lipinski definition) is 4. The second kappa shape index (κ2) is 7.79. The van der Waals surface area contributed by atoms with Crippen LogP contribution in [0.1, 0.15) is 20.3 Å². The molecule has 0 saturated carbocycles. The van der Waals surface area contributed by atoms with Crippen LogP contribution < -0.4 is 0 Å². The fourth-order valence-corrected chi connectivity index (χ4v) is 5.26. The molecule has 3 nitrogen and oxygen atoms in total. The maximum atomic E-state index is 12.0. The minimum atomic E-state index is 0.347. The highest BCUT2D eigenvalue weighted by Gasteiger charge is 2.26. The molecule has 0 N–H and O–H groups in total. The van der Waals surface area contributed by atoms with Gasteiger partial charge in [-0.25, -0.2) is 0 Å². The van der Waals surface area contributed by atoms with Crippen LogP contribution in [0.5, 0.6) is 0 Å². The van der Waals surface area contributed by atoms with E-state index in [9.17, 15) is 4.79 Å². The molecule has 2 saturated heterocycles. The average Bonchev–Trinajstić information content (AvgIpc) is 2.67. The van der Waals surface area contributed by atoms with Gasteiger partial charge in [-0.05, 0) is 5.92 Å². The summed E-state index contributed by atoms with van der Waals surface area (Å²) < 4.78 is 0. The molecule has 2 rings (SSSR count). The van der Waals surface area contributed by atoms with Crippen molar-refractivity contribution in [1.82, 2.24) is 9.80 Å². The SMILES string of the molecule is CC(C)CC(=O)N1CCN(C2CSCCSC2)CC1. The van der Waals surface area contributed by atoms with Crippen LogP contribution in [0.3, 0.4) is 0 Å². The van der Waals surface area contributed by atoms with E-state index >= 15 is 0 Å². The zero-order valence-electron chi connectivity index (χ0n) is 12.1. The van der Waals surface area contributed by atoms with Gasteiger partial charge in [-0.2, -0.15) is 23.5 Å². The van der Waals surface area contributed by atoms with E-state index < -0.39 is 0 Å². The lowest BCUT2D eigenvalue weighted by molar-refractivity contribution is -0.133. The van der Waals surface area contributed by atoms with Crippen LogP contribution in [0.2, 0.25) is 0 Å². The number of carbonyl (C=O) groups excluding carboxylic acids is 1. The van der Waals surface area contributed by atoms with E-state index in [2.05, 4.69) is 47.2 Å². The van der Waals surface area contributed by atoms with E-state index in [1.807, 2.05) is 0 Å². The Morgan fingerprint density at radius 2 is 1.68 bits per heavy atom. The monoisotopic (exact) mass is 302 g/mol. The maximum absolute atomic E-state index is 12.0. The summed E-state index contributed by atoms with van der Waals surface area (Å²) in [7, 11) is 0. The summed E-state index contributed by atoms with van der Waals surface area (Å²) in [6, 6.07) is 0.722. The lowest BCUT2D eigenvalue weighted by atomic mass is 10.1. The lowest BCUT2D eigenvalue weighted by Gasteiger charge is -2.39. The molecule has 0 unspecified atom stereocenters. The van der Waals surface area contributed by atoms with Crippen molar-refractivity contribution in [1.29, 1.82) is 0 Å². The van der Waals surface area contributed by atoms with E-state index in [0.29, 0.717) is 18.2 Å². The van der Waals surface area contributed by atoms with Crippen molar-refractivity contribution in [3.8, 4) is 0 Å². The van der Waals surface area contributed by atoms with Crippen LogP contribution in [0, 0.1) is 5.92 Å². The third kappa shape index (κ3) is 4.87. The summed E-state index contributed by atoms with van der Waals surface area (Å²) in [4.78, 5) is 16.7. The van der Waals surface area contributed by atoms with Gasteiger partial charge >= 0.3 is 0 Å². The molecule has 2 aliphatic rings. The zero-order chi connectivity index (χ0) is 13.7. The molecule has 0 radical (unpaired) electrons. The van der Waals surface area contributed by atoms with Crippen molar-refractivity contribution in [3.05, 3.63) is 0 Å².